The molecule has 2 N–H and O–H groups in total. The lowest BCUT2D eigenvalue weighted by atomic mass is 9.86. The Hall–Kier alpha value is -4.04. The number of rotatable bonds is 9. The van der Waals surface area contributed by atoms with Crippen LogP contribution in [0.2, 0.25) is 0 Å². The molecule has 2 aliphatic heterocycles. The second kappa shape index (κ2) is 13.7. The number of benzene rings is 2. The number of urea groups is 2. The molecule has 0 aromatic heterocycles. The van der Waals surface area contributed by atoms with Crippen molar-refractivity contribution >= 4 is 29.4 Å². The Morgan fingerprint density at radius 3 is 2.36 bits per heavy atom. The fourth-order valence-corrected chi connectivity index (χ4v) is 5.20. The summed E-state index contributed by atoms with van der Waals surface area (Å²) >= 11 is 0. The summed E-state index contributed by atoms with van der Waals surface area (Å²) in [4.78, 5) is 45.5. The number of anilines is 1. The smallest absolute Gasteiger partial charge is 0.352 e. The van der Waals surface area contributed by atoms with Crippen molar-refractivity contribution in [3.05, 3.63) is 65.2 Å². The van der Waals surface area contributed by atoms with Crippen LogP contribution in [0.1, 0.15) is 24.4 Å². The van der Waals surface area contributed by atoms with E-state index in [2.05, 4.69) is 15.6 Å². The Balaban J connectivity index is 1.40. The molecular weight excluding hydrogens is 562 g/mol. The zero-order chi connectivity index (χ0) is 30.4. The van der Waals surface area contributed by atoms with Crippen molar-refractivity contribution in [1.82, 2.24) is 15.5 Å². The summed E-state index contributed by atoms with van der Waals surface area (Å²) in [5.74, 6) is -5.79. The average Bonchev–Trinajstić information content (AvgIpc) is 2.96. The first kappa shape index (κ1) is 30.9. The van der Waals surface area contributed by atoms with Crippen LogP contribution in [0.4, 0.5) is 32.8 Å². The Morgan fingerprint density at radius 1 is 0.976 bits per heavy atom. The van der Waals surface area contributed by atoms with Crippen LogP contribution in [0.5, 0.6) is 0 Å². The topological polar surface area (TPSA) is 113 Å². The molecule has 4 amide bonds. The number of esters is 1. The molecule has 10 nitrogen and oxygen atoms in total. The fraction of sp³-hybridized carbons (Fsp3) is 0.429. The number of methoxy groups -OCH3 is 2. The number of imide groups is 1. The van der Waals surface area contributed by atoms with Gasteiger partial charge in [-0.05, 0) is 42.7 Å². The molecule has 4 rings (SSSR count). The van der Waals surface area contributed by atoms with Crippen LogP contribution in [-0.4, -0.2) is 81.7 Å². The van der Waals surface area contributed by atoms with E-state index in [1.165, 1.54) is 25.3 Å². The molecule has 2 heterocycles. The van der Waals surface area contributed by atoms with E-state index < -0.39 is 53.3 Å². The molecule has 0 saturated carbocycles. The molecule has 2 aromatic carbocycles. The Morgan fingerprint density at radius 2 is 1.71 bits per heavy atom. The predicted molar refractivity (Wildman–Crippen MR) is 144 cm³/mol. The minimum Gasteiger partial charge on any atom is -0.468 e. The van der Waals surface area contributed by atoms with Crippen molar-refractivity contribution in [3.8, 4) is 0 Å². The maximum atomic E-state index is 14.2. The van der Waals surface area contributed by atoms with Crippen LogP contribution in [0.3, 0.4) is 0 Å². The van der Waals surface area contributed by atoms with Gasteiger partial charge < -0.3 is 25.0 Å². The first-order chi connectivity index (χ1) is 20.1. The van der Waals surface area contributed by atoms with Crippen LogP contribution >= 0.6 is 0 Å². The highest BCUT2D eigenvalue weighted by Crippen LogP contribution is 2.36. The zero-order valence-corrected chi connectivity index (χ0v) is 23.0. The fourth-order valence-electron chi connectivity index (χ4n) is 5.20. The number of ether oxygens (including phenoxy) is 2. The molecule has 14 heteroatoms. The highest BCUT2D eigenvalue weighted by atomic mass is 19.2. The third-order valence-electron chi connectivity index (χ3n) is 7.23. The molecule has 0 radical (unpaired) electrons. The van der Waals surface area contributed by atoms with Crippen molar-refractivity contribution in [2.75, 3.05) is 51.9 Å². The number of amides is 4. The van der Waals surface area contributed by atoms with Crippen LogP contribution in [-0.2, 0) is 14.3 Å². The quantitative estimate of drug-likeness (QED) is 0.260. The highest BCUT2D eigenvalue weighted by Gasteiger charge is 2.47. The number of nitrogens with one attached hydrogen (secondary N) is 2. The van der Waals surface area contributed by atoms with E-state index >= 15 is 0 Å². The number of nitrogens with zero attached hydrogens (tertiary/aromatic N) is 3. The lowest BCUT2D eigenvalue weighted by Crippen LogP contribution is -2.54. The second-order valence-electron chi connectivity index (χ2n) is 9.85. The van der Waals surface area contributed by atoms with Crippen molar-refractivity contribution in [2.24, 2.45) is 10.9 Å². The van der Waals surface area contributed by atoms with E-state index in [-0.39, 0.29) is 30.5 Å². The van der Waals surface area contributed by atoms with Crippen molar-refractivity contribution in [3.63, 3.8) is 0 Å². The van der Waals surface area contributed by atoms with Gasteiger partial charge in [0.25, 0.3) is 0 Å². The van der Waals surface area contributed by atoms with Gasteiger partial charge in [-0.1, -0.05) is 6.07 Å². The summed E-state index contributed by atoms with van der Waals surface area (Å²) in [6, 6.07) is 3.08. The third-order valence-corrected chi connectivity index (χ3v) is 7.23. The van der Waals surface area contributed by atoms with Gasteiger partial charge in [0.15, 0.2) is 11.6 Å². The molecule has 1 fully saturated rings. The molecule has 2 atom stereocenters. The lowest BCUT2D eigenvalue weighted by Gasteiger charge is -2.37. The molecule has 2 aromatic rings. The minimum absolute atomic E-state index is 0.0150. The Labute approximate surface area is 239 Å². The van der Waals surface area contributed by atoms with E-state index in [0.29, 0.717) is 43.1 Å². The van der Waals surface area contributed by atoms with Crippen LogP contribution < -0.4 is 15.5 Å². The summed E-state index contributed by atoms with van der Waals surface area (Å²) in [5, 5.41) is 5.90. The summed E-state index contributed by atoms with van der Waals surface area (Å²) in [5.41, 5.74) is 0.297. The third kappa shape index (κ3) is 6.87. The maximum absolute atomic E-state index is 14.2. The molecule has 1 unspecified atom stereocenters. The second-order valence-corrected chi connectivity index (χ2v) is 9.85. The van der Waals surface area contributed by atoms with Gasteiger partial charge in [-0.25, -0.2) is 32.1 Å². The summed E-state index contributed by atoms with van der Waals surface area (Å²) in [6.45, 7) is 1.25. The van der Waals surface area contributed by atoms with E-state index in [4.69, 9.17) is 9.47 Å². The molecule has 2 aliphatic rings. The molecule has 0 bridgehead atoms. The molecule has 226 valence electrons. The van der Waals surface area contributed by atoms with Crippen molar-refractivity contribution in [2.45, 2.75) is 24.9 Å². The van der Waals surface area contributed by atoms with E-state index in [9.17, 15) is 31.9 Å². The summed E-state index contributed by atoms with van der Waals surface area (Å²) < 4.78 is 65.2. The van der Waals surface area contributed by atoms with Gasteiger partial charge in [0.05, 0.1) is 31.2 Å². The first-order valence-electron chi connectivity index (χ1n) is 13.3. The number of halogens is 4. The summed E-state index contributed by atoms with van der Waals surface area (Å²) in [6.07, 6.45) is 1.34. The zero-order valence-electron chi connectivity index (χ0n) is 23.0. The van der Waals surface area contributed by atoms with E-state index in [1.54, 1.807) is 0 Å². The molecular formula is C28H31F4N5O5. The van der Waals surface area contributed by atoms with Crippen molar-refractivity contribution in [1.29, 1.82) is 0 Å². The minimum atomic E-state index is -1.38. The molecule has 0 spiro atoms. The first-order valence-corrected chi connectivity index (χ1v) is 13.3. The number of aliphatic imine (C=N–C) groups is 1. The van der Waals surface area contributed by atoms with Gasteiger partial charge in [-0.15, -0.1) is 0 Å². The Kier molecular flexibility index (Phi) is 10.1. The van der Waals surface area contributed by atoms with Gasteiger partial charge in [0.2, 0.25) is 0 Å². The standard InChI is InChI=1S/C28H31F4N5O5/c1-41-15-22-24(26(38)42-2)25(16-3-5-19(30)20(31)13-16)37(28(40)35-22)27(39)34-10-9-33-18-7-11-36(12-8-18)23-6-4-17(29)14-21(23)32/h3-6,13-14,18,24-25,33H,7-12,15H2,1-2H3,(H,34,39)/t24?,25-/m0/s1. The molecule has 1 saturated heterocycles. The molecule has 0 aliphatic carbocycles. The van der Waals surface area contributed by atoms with Crippen molar-refractivity contribution < 1.29 is 41.4 Å². The van der Waals surface area contributed by atoms with Gasteiger partial charge in [0.1, 0.15) is 17.6 Å². The number of carbonyl (C=O) groups excluding carboxylic acids is 3. The van der Waals surface area contributed by atoms with Gasteiger partial charge in [-0.3, -0.25) is 4.79 Å². The monoisotopic (exact) mass is 593 g/mol. The van der Waals surface area contributed by atoms with Crippen LogP contribution in [0.25, 0.3) is 0 Å². The highest BCUT2D eigenvalue weighted by molar-refractivity contribution is 6.12. The van der Waals surface area contributed by atoms with Gasteiger partial charge in [-0.2, -0.15) is 4.99 Å². The number of carbonyl (C=O) groups is 3. The van der Waals surface area contributed by atoms with E-state index in [0.717, 1.165) is 25.3 Å². The van der Waals surface area contributed by atoms with E-state index in [1.807, 2.05) is 4.90 Å². The lowest BCUT2D eigenvalue weighted by molar-refractivity contribution is -0.144. The largest absolute Gasteiger partial charge is 0.468 e. The SMILES string of the molecule is COCC1=NC(=O)N(C(=O)NCCNC2CCN(c3ccc(F)cc3F)CC2)[C@@H](c2ccc(F)c(F)c2)C1C(=O)OC. The number of hydrogen-bond acceptors (Lipinski definition) is 7. The van der Waals surface area contributed by atoms with Crippen LogP contribution in [0.15, 0.2) is 41.4 Å². The number of hydrogen-bond donors (Lipinski definition) is 2. The van der Waals surface area contributed by atoms with Crippen LogP contribution in [0, 0.1) is 29.2 Å². The Bertz CT molecular complexity index is 1350. The number of piperidine rings is 1. The maximum Gasteiger partial charge on any atom is 0.352 e. The van der Waals surface area contributed by atoms with Gasteiger partial charge in [0, 0.05) is 45.4 Å². The molecule has 42 heavy (non-hydrogen) atoms. The van der Waals surface area contributed by atoms with Gasteiger partial charge >= 0.3 is 18.0 Å². The summed E-state index contributed by atoms with van der Waals surface area (Å²) in [7, 11) is 2.44. The average molecular weight is 594 g/mol. The predicted octanol–water partition coefficient (Wildman–Crippen LogP) is 3.56. The normalized spacial score (nSPS) is 19.5.